The van der Waals surface area contributed by atoms with Crippen molar-refractivity contribution in [1.82, 2.24) is 15.3 Å². The predicted octanol–water partition coefficient (Wildman–Crippen LogP) is 0.675. The standard InChI is InChI=1S/C11H16ClN5O/c1-11(10(18)14-2)3-4-17(5-11)9-7(13)8(12)15-6-16-9/h6H,3-5,13H2,1-2H3,(H,14,18). The van der Waals surface area contributed by atoms with Crippen molar-refractivity contribution in [3.63, 3.8) is 0 Å². The normalized spacial score (nSPS) is 23.2. The molecule has 6 nitrogen and oxygen atoms in total. The fourth-order valence-corrected chi connectivity index (χ4v) is 2.37. The number of halogens is 1. The van der Waals surface area contributed by atoms with Crippen molar-refractivity contribution in [2.45, 2.75) is 13.3 Å². The third kappa shape index (κ3) is 2.08. The topological polar surface area (TPSA) is 84.1 Å². The fraction of sp³-hybridized carbons (Fsp3) is 0.545. The highest BCUT2D eigenvalue weighted by Crippen LogP contribution is 2.35. The molecule has 0 radical (unpaired) electrons. The molecule has 1 atom stereocenters. The van der Waals surface area contributed by atoms with E-state index >= 15 is 0 Å². The van der Waals surface area contributed by atoms with Gasteiger partial charge >= 0.3 is 0 Å². The summed E-state index contributed by atoms with van der Waals surface area (Å²) in [5.74, 6) is 0.631. The molecule has 1 fully saturated rings. The Morgan fingerprint density at radius 1 is 1.61 bits per heavy atom. The number of hydrogen-bond acceptors (Lipinski definition) is 5. The molecule has 0 spiro atoms. The van der Waals surface area contributed by atoms with Crippen LogP contribution >= 0.6 is 11.6 Å². The van der Waals surface area contributed by atoms with Gasteiger partial charge in [0.1, 0.15) is 12.0 Å². The highest BCUT2D eigenvalue weighted by atomic mass is 35.5. The Morgan fingerprint density at radius 2 is 2.33 bits per heavy atom. The lowest BCUT2D eigenvalue weighted by Crippen LogP contribution is -2.39. The molecule has 1 aliphatic rings. The average Bonchev–Trinajstić information content (AvgIpc) is 2.75. The Hall–Kier alpha value is -1.56. The summed E-state index contributed by atoms with van der Waals surface area (Å²) in [6.45, 7) is 3.23. The number of rotatable bonds is 2. The van der Waals surface area contributed by atoms with Gasteiger partial charge in [0.15, 0.2) is 11.0 Å². The minimum atomic E-state index is -0.418. The van der Waals surface area contributed by atoms with Gasteiger partial charge in [-0.3, -0.25) is 4.79 Å². The Kier molecular flexibility index (Phi) is 3.30. The number of nitrogens with one attached hydrogen (secondary N) is 1. The second-order valence-electron chi connectivity index (χ2n) is 4.71. The van der Waals surface area contributed by atoms with Crippen LogP contribution in [0.1, 0.15) is 13.3 Å². The van der Waals surface area contributed by atoms with Crippen LogP contribution in [0.3, 0.4) is 0 Å². The van der Waals surface area contributed by atoms with Crippen LogP contribution in [0, 0.1) is 5.41 Å². The maximum Gasteiger partial charge on any atom is 0.227 e. The maximum atomic E-state index is 11.8. The summed E-state index contributed by atoms with van der Waals surface area (Å²) in [7, 11) is 1.64. The molecule has 0 aliphatic carbocycles. The van der Waals surface area contributed by atoms with E-state index in [9.17, 15) is 4.79 Å². The lowest BCUT2D eigenvalue weighted by atomic mass is 9.89. The second-order valence-corrected chi connectivity index (χ2v) is 5.07. The third-order valence-corrected chi connectivity index (χ3v) is 3.66. The predicted molar refractivity (Wildman–Crippen MR) is 70.5 cm³/mol. The number of nitrogen functional groups attached to an aromatic ring is 1. The first-order valence-electron chi connectivity index (χ1n) is 5.71. The Balaban J connectivity index is 2.23. The number of carbonyl (C=O) groups excluding carboxylic acids is 1. The van der Waals surface area contributed by atoms with Crippen molar-refractivity contribution in [1.29, 1.82) is 0 Å². The van der Waals surface area contributed by atoms with Gasteiger partial charge in [0.2, 0.25) is 5.91 Å². The average molecular weight is 270 g/mol. The van der Waals surface area contributed by atoms with Gasteiger partial charge in [-0.2, -0.15) is 0 Å². The molecule has 0 saturated carbocycles. The lowest BCUT2D eigenvalue weighted by Gasteiger charge is -2.23. The Labute approximate surface area is 111 Å². The van der Waals surface area contributed by atoms with Gasteiger partial charge in [0.05, 0.1) is 5.41 Å². The van der Waals surface area contributed by atoms with E-state index in [1.165, 1.54) is 6.33 Å². The summed E-state index contributed by atoms with van der Waals surface area (Å²) in [6.07, 6.45) is 2.14. The highest BCUT2D eigenvalue weighted by molar-refractivity contribution is 6.32. The summed E-state index contributed by atoms with van der Waals surface area (Å²) < 4.78 is 0. The van der Waals surface area contributed by atoms with E-state index in [1.807, 2.05) is 11.8 Å². The zero-order valence-electron chi connectivity index (χ0n) is 10.4. The number of nitrogens with zero attached hydrogens (tertiary/aromatic N) is 3. The number of hydrogen-bond donors (Lipinski definition) is 2. The lowest BCUT2D eigenvalue weighted by molar-refractivity contribution is -0.128. The van der Waals surface area contributed by atoms with E-state index in [1.54, 1.807) is 7.05 Å². The molecule has 1 aromatic rings. The van der Waals surface area contributed by atoms with E-state index in [4.69, 9.17) is 17.3 Å². The van der Waals surface area contributed by atoms with Crippen LogP contribution in [0.25, 0.3) is 0 Å². The Bertz CT molecular complexity index is 481. The van der Waals surface area contributed by atoms with Crippen LogP contribution in [0.15, 0.2) is 6.33 Å². The summed E-state index contributed by atoms with van der Waals surface area (Å²) in [5.41, 5.74) is 5.80. The Morgan fingerprint density at radius 3 is 3.00 bits per heavy atom. The molecular formula is C11H16ClN5O. The van der Waals surface area contributed by atoms with E-state index < -0.39 is 5.41 Å². The summed E-state index contributed by atoms with van der Waals surface area (Å²) >= 11 is 5.87. The molecule has 1 unspecified atom stereocenters. The van der Waals surface area contributed by atoms with E-state index in [0.717, 1.165) is 13.0 Å². The minimum absolute atomic E-state index is 0.0312. The van der Waals surface area contributed by atoms with Crippen LogP contribution in [-0.2, 0) is 4.79 Å². The van der Waals surface area contributed by atoms with E-state index in [2.05, 4.69) is 15.3 Å². The number of anilines is 2. The maximum absolute atomic E-state index is 11.8. The third-order valence-electron chi connectivity index (χ3n) is 3.36. The van der Waals surface area contributed by atoms with E-state index in [-0.39, 0.29) is 11.1 Å². The molecule has 1 aromatic heterocycles. The van der Waals surface area contributed by atoms with Gasteiger partial charge in [-0.25, -0.2) is 9.97 Å². The molecule has 1 aliphatic heterocycles. The van der Waals surface area contributed by atoms with Gasteiger partial charge in [-0.05, 0) is 13.3 Å². The molecule has 2 heterocycles. The van der Waals surface area contributed by atoms with Gasteiger partial charge in [-0.1, -0.05) is 11.6 Å². The smallest absolute Gasteiger partial charge is 0.227 e. The van der Waals surface area contributed by atoms with Crippen LogP contribution in [0.4, 0.5) is 11.5 Å². The first kappa shape index (κ1) is 12.9. The van der Waals surface area contributed by atoms with Crippen molar-refractivity contribution in [3.05, 3.63) is 11.5 Å². The van der Waals surface area contributed by atoms with Gasteiger partial charge < -0.3 is 16.0 Å². The molecule has 3 N–H and O–H groups in total. The molecule has 0 aromatic carbocycles. The molecule has 2 rings (SSSR count). The monoisotopic (exact) mass is 269 g/mol. The molecule has 1 amide bonds. The van der Waals surface area contributed by atoms with Gasteiger partial charge in [-0.15, -0.1) is 0 Å². The quantitative estimate of drug-likeness (QED) is 0.771. The summed E-state index contributed by atoms with van der Waals surface area (Å²) in [4.78, 5) is 21.8. The minimum Gasteiger partial charge on any atom is -0.393 e. The fourth-order valence-electron chi connectivity index (χ4n) is 2.25. The van der Waals surface area contributed by atoms with Crippen molar-refractivity contribution in [3.8, 4) is 0 Å². The van der Waals surface area contributed by atoms with Gasteiger partial charge in [0, 0.05) is 20.1 Å². The SMILES string of the molecule is CNC(=O)C1(C)CCN(c2ncnc(Cl)c2N)C1. The van der Waals surface area contributed by atoms with Crippen LogP contribution in [-0.4, -0.2) is 36.0 Å². The molecular weight excluding hydrogens is 254 g/mol. The van der Waals surface area contributed by atoms with Crippen LogP contribution in [0.2, 0.25) is 5.15 Å². The van der Waals surface area contributed by atoms with Crippen molar-refractivity contribution in [2.75, 3.05) is 30.8 Å². The van der Waals surface area contributed by atoms with Crippen LogP contribution < -0.4 is 16.0 Å². The van der Waals surface area contributed by atoms with E-state index in [0.29, 0.717) is 18.1 Å². The number of amides is 1. The molecule has 7 heteroatoms. The summed E-state index contributed by atoms with van der Waals surface area (Å²) in [6, 6.07) is 0. The zero-order valence-corrected chi connectivity index (χ0v) is 11.2. The van der Waals surface area contributed by atoms with Crippen molar-refractivity contribution >= 4 is 29.0 Å². The zero-order chi connectivity index (χ0) is 13.3. The number of nitrogens with two attached hydrogens (primary N) is 1. The molecule has 98 valence electrons. The van der Waals surface area contributed by atoms with Crippen LogP contribution in [0.5, 0.6) is 0 Å². The van der Waals surface area contributed by atoms with Gasteiger partial charge in [0.25, 0.3) is 0 Å². The second kappa shape index (κ2) is 4.61. The highest BCUT2D eigenvalue weighted by Gasteiger charge is 2.40. The number of aromatic nitrogens is 2. The first-order chi connectivity index (χ1) is 8.48. The van der Waals surface area contributed by atoms with Crippen molar-refractivity contribution in [2.24, 2.45) is 5.41 Å². The molecule has 1 saturated heterocycles. The summed E-state index contributed by atoms with van der Waals surface area (Å²) in [5, 5.41) is 2.93. The van der Waals surface area contributed by atoms with Crippen molar-refractivity contribution < 1.29 is 4.79 Å². The number of carbonyl (C=O) groups is 1. The first-order valence-corrected chi connectivity index (χ1v) is 6.09. The molecule has 18 heavy (non-hydrogen) atoms. The largest absolute Gasteiger partial charge is 0.393 e. The molecule has 0 bridgehead atoms.